The highest BCUT2D eigenvalue weighted by Gasteiger charge is 2.08. The van der Waals surface area contributed by atoms with Gasteiger partial charge in [-0.3, -0.25) is 4.79 Å². The van der Waals surface area contributed by atoms with E-state index < -0.39 is 0 Å². The van der Waals surface area contributed by atoms with Crippen molar-refractivity contribution in [2.75, 3.05) is 6.61 Å². The standard InChI is InChI=1S/C21H38N2O2/c1-19-16-23(20(17-24)22-19)18-25-15-13-11-9-7-5-6-8-10-12-14-21(2,3)4/h16-17H,5-15,18H2,1-4H3. The second-order valence-corrected chi connectivity index (χ2v) is 8.36. The Hall–Kier alpha value is -1.16. The zero-order chi connectivity index (χ0) is 18.5. The molecule has 4 nitrogen and oxygen atoms in total. The van der Waals surface area contributed by atoms with Gasteiger partial charge in [0.2, 0.25) is 0 Å². The zero-order valence-electron chi connectivity index (χ0n) is 16.9. The van der Waals surface area contributed by atoms with Crippen LogP contribution in [-0.4, -0.2) is 22.4 Å². The summed E-state index contributed by atoms with van der Waals surface area (Å²) < 4.78 is 7.40. The third-order valence-electron chi connectivity index (χ3n) is 4.48. The summed E-state index contributed by atoms with van der Waals surface area (Å²) >= 11 is 0. The number of rotatable bonds is 14. The lowest BCUT2D eigenvalue weighted by Crippen LogP contribution is -2.06. The Kier molecular flexibility index (Phi) is 10.7. The van der Waals surface area contributed by atoms with Crippen LogP contribution < -0.4 is 0 Å². The van der Waals surface area contributed by atoms with E-state index in [-0.39, 0.29) is 0 Å². The average Bonchev–Trinajstić information content (AvgIpc) is 2.90. The Morgan fingerprint density at radius 3 is 2.12 bits per heavy atom. The lowest BCUT2D eigenvalue weighted by Gasteiger charge is -2.17. The molecule has 25 heavy (non-hydrogen) atoms. The molecular formula is C21H38N2O2. The molecular weight excluding hydrogens is 312 g/mol. The maximum absolute atomic E-state index is 10.9. The zero-order valence-corrected chi connectivity index (χ0v) is 16.9. The first kappa shape index (κ1) is 21.9. The van der Waals surface area contributed by atoms with Gasteiger partial charge in [-0.05, 0) is 25.2 Å². The van der Waals surface area contributed by atoms with Crippen molar-refractivity contribution in [2.24, 2.45) is 5.41 Å². The van der Waals surface area contributed by atoms with Crippen molar-refractivity contribution in [3.05, 3.63) is 17.7 Å². The first-order valence-electron chi connectivity index (χ1n) is 9.99. The van der Waals surface area contributed by atoms with E-state index in [4.69, 9.17) is 4.74 Å². The van der Waals surface area contributed by atoms with Gasteiger partial charge in [0.25, 0.3) is 0 Å². The van der Waals surface area contributed by atoms with Gasteiger partial charge in [-0.2, -0.15) is 0 Å². The van der Waals surface area contributed by atoms with Crippen LogP contribution >= 0.6 is 0 Å². The van der Waals surface area contributed by atoms with E-state index in [2.05, 4.69) is 25.8 Å². The van der Waals surface area contributed by atoms with Crippen LogP contribution in [0, 0.1) is 12.3 Å². The molecule has 0 atom stereocenters. The van der Waals surface area contributed by atoms with Gasteiger partial charge in [-0.15, -0.1) is 0 Å². The van der Waals surface area contributed by atoms with E-state index in [1.165, 1.54) is 57.8 Å². The molecule has 144 valence electrons. The predicted octanol–water partition coefficient (Wildman–Crippen LogP) is 5.93. The van der Waals surface area contributed by atoms with E-state index in [1.807, 2.05) is 13.1 Å². The van der Waals surface area contributed by atoms with Crippen LogP contribution in [0.2, 0.25) is 0 Å². The Bertz CT molecular complexity index is 475. The quantitative estimate of drug-likeness (QED) is 0.309. The molecule has 0 saturated carbocycles. The molecule has 0 saturated heterocycles. The topological polar surface area (TPSA) is 44.1 Å². The minimum atomic E-state index is 0.420. The lowest BCUT2D eigenvalue weighted by atomic mass is 9.89. The van der Waals surface area contributed by atoms with Crippen LogP contribution in [0.4, 0.5) is 0 Å². The second-order valence-electron chi connectivity index (χ2n) is 8.36. The van der Waals surface area contributed by atoms with Gasteiger partial charge in [0.1, 0.15) is 6.73 Å². The fraction of sp³-hybridized carbons (Fsp3) is 0.810. The van der Waals surface area contributed by atoms with Crippen molar-refractivity contribution in [3.8, 4) is 0 Å². The van der Waals surface area contributed by atoms with Crippen LogP contribution in [0.3, 0.4) is 0 Å². The largest absolute Gasteiger partial charge is 0.361 e. The number of ether oxygens (including phenoxy) is 1. The smallest absolute Gasteiger partial charge is 0.185 e. The number of imidazole rings is 1. The van der Waals surface area contributed by atoms with Crippen molar-refractivity contribution >= 4 is 6.29 Å². The van der Waals surface area contributed by atoms with Gasteiger partial charge in [-0.1, -0.05) is 72.1 Å². The van der Waals surface area contributed by atoms with Gasteiger partial charge in [0.15, 0.2) is 12.1 Å². The molecule has 0 aliphatic heterocycles. The number of aromatic nitrogens is 2. The fourth-order valence-corrected chi connectivity index (χ4v) is 3.02. The van der Waals surface area contributed by atoms with Crippen molar-refractivity contribution in [3.63, 3.8) is 0 Å². The number of carbonyl (C=O) groups is 1. The van der Waals surface area contributed by atoms with Gasteiger partial charge in [-0.25, -0.2) is 4.98 Å². The molecule has 0 unspecified atom stereocenters. The Morgan fingerprint density at radius 1 is 1.00 bits per heavy atom. The molecule has 0 fully saturated rings. The summed E-state index contributed by atoms with van der Waals surface area (Å²) in [7, 11) is 0. The van der Waals surface area contributed by atoms with Crippen molar-refractivity contribution in [2.45, 2.75) is 98.6 Å². The van der Waals surface area contributed by atoms with Crippen molar-refractivity contribution in [1.82, 2.24) is 9.55 Å². The van der Waals surface area contributed by atoms with Crippen LogP contribution in [0.5, 0.6) is 0 Å². The maximum Gasteiger partial charge on any atom is 0.185 e. The molecule has 0 amide bonds. The number of aryl methyl sites for hydroxylation is 1. The van der Waals surface area contributed by atoms with Gasteiger partial charge < -0.3 is 9.30 Å². The average molecular weight is 351 g/mol. The van der Waals surface area contributed by atoms with Gasteiger partial charge >= 0.3 is 0 Å². The van der Waals surface area contributed by atoms with Crippen LogP contribution in [-0.2, 0) is 11.5 Å². The molecule has 0 bridgehead atoms. The van der Waals surface area contributed by atoms with Crippen LogP contribution in [0.1, 0.15) is 101 Å². The van der Waals surface area contributed by atoms with E-state index in [0.29, 0.717) is 18.0 Å². The highest BCUT2D eigenvalue weighted by Crippen LogP contribution is 2.22. The fourth-order valence-electron chi connectivity index (χ4n) is 3.02. The molecule has 1 aromatic rings. The molecule has 4 heteroatoms. The van der Waals surface area contributed by atoms with E-state index in [9.17, 15) is 4.79 Å². The Labute approximate surface area is 154 Å². The number of unbranched alkanes of at least 4 members (excludes halogenated alkanes) is 8. The molecule has 1 rings (SSSR count). The molecule has 0 aromatic carbocycles. The molecule has 0 spiro atoms. The number of hydrogen-bond donors (Lipinski definition) is 0. The molecule has 1 aromatic heterocycles. The van der Waals surface area contributed by atoms with E-state index >= 15 is 0 Å². The normalized spacial score (nSPS) is 11.8. The van der Waals surface area contributed by atoms with E-state index in [0.717, 1.165) is 25.0 Å². The van der Waals surface area contributed by atoms with Crippen LogP contribution in [0.25, 0.3) is 0 Å². The number of carbonyl (C=O) groups excluding carboxylic acids is 1. The summed E-state index contributed by atoms with van der Waals surface area (Å²) in [5.41, 5.74) is 1.34. The Balaban J connectivity index is 1.87. The summed E-state index contributed by atoms with van der Waals surface area (Å²) in [6.45, 7) is 10.0. The Morgan fingerprint density at radius 2 is 1.56 bits per heavy atom. The van der Waals surface area contributed by atoms with Crippen molar-refractivity contribution < 1.29 is 9.53 Å². The third kappa shape index (κ3) is 11.1. The molecule has 1 heterocycles. The minimum absolute atomic E-state index is 0.420. The molecule has 0 N–H and O–H groups in total. The molecule has 0 radical (unpaired) electrons. The summed E-state index contributed by atoms with van der Waals surface area (Å²) in [6.07, 6.45) is 15.9. The van der Waals surface area contributed by atoms with E-state index in [1.54, 1.807) is 4.57 Å². The van der Waals surface area contributed by atoms with Gasteiger partial charge in [0, 0.05) is 12.8 Å². The predicted molar refractivity (Wildman–Crippen MR) is 104 cm³/mol. The second kappa shape index (κ2) is 12.2. The molecule has 0 aliphatic rings. The van der Waals surface area contributed by atoms with Crippen LogP contribution in [0.15, 0.2) is 6.20 Å². The lowest BCUT2D eigenvalue weighted by molar-refractivity contribution is 0.0712. The monoisotopic (exact) mass is 350 g/mol. The number of hydrogen-bond acceptors (Lipinski definition) is 3. The highest BCUT2D eigenvalue weighted by molar-refractivity contribution is 5.69. The summed E-state index contributed by atoms with van der Waals surface area (Å²) in [5, 5.41) is 0. The third-order valence-corrected chi connectivity index (χ3v) is 4.48. The maximum atomic E-state index is 10.9. The van der Waals surface area contributed by atoms with Crippen molar-refractivity contribution in [1.29, 1.82) is 0 Å². The summed E-state index contributed by atoms with van der Waals surface area (Å²) in [5.74, 6) is 0.444. The SMILES string of the molecule is Cc1cn(COCCCCCCCCCCCC(C)(C)C)c(C=O)n1. The first-order chi connectivity index (χ1) is 11.9. The van der Waals surface area contributed by atoms with Gasteiger partial charge in [0.05, 0.1) is 5.69 Å². The summed E-state index contributed by atoms with van der Waals surface area (Å²) in [4.78, 5) is 15.0. The first-order valence-corrected chi connectivity index (χ1v) is 9.99. The minimum Gasteiger partial charge on any atom is -0.361 e. The summed E-state index contributed by atoms with van der Waals surface area (Å²) in [6, 6.07) is 0. The molecule has 0 aliphatic carbocycles. The number of aldehydes is 1. The highest BCUT2D eigenvalue weighted by atomic mass is 16.5. The number of nitrogens with zero attached hydrogens (tertiary/aromatic N) is 2.